The van der Waals surface area contributed by atoms with E-state index in [1.54, 1.807) is 24.1 Å². The summed E-state index contributed by atoms with van der Waals surface area (Å²) in [6.07, 6.45) is 0. The molecule has 1 amide bonds. The van der Waals surface area contributed by atoms with E-state index in [1.165, 1.54) is 0 Å². The van der Waals surface area contributed by atoms with Crippen LogP contribution in [-0.4, -0.2) is 22.8 Å². The molecule has 1 heterocycles. The van der Waals surface area contributed by atoms with Crippen molar-refractivity contribution in [1.82, 2.24) is 9.88 Å². The number of carbonyl (C=O) groups excluding carboxylic acids is 1. The van der Waals surface area contributed by atoms with Crippen LogP contribution in [0.1, 0.15) is 15.9 Å². The Bertz CT molecular complexity index is 649. The zero-order chi connectivity index (χ0) is 14.7. The van der Waals surface area contributed by atoms with E-state index in [0.717, 1.165) is 10.0 Å². The van der Waals surface area contributed by atoms with E-state index in [9.17, 15) is 4.79 Å². The van der Waals surface area contributed by atoms with Crippen LogP contribution in [0, 0.1) is 0 Å². The molecule has 0 unspecified atom stereocenters. The first-order chi connectivity index (χ1) is 9.49. The third kappa shape index (κ3) is 3.51. The van der Waals surface area contributed by atoms with Gasteiger partial charge in [0.15, 0.2) is 0 Å². The third-order valence-electron chi connectivity index (χ3n) is 2.76. The molecule has 1 aromatic carbocycles. The van der Waals surface area contributed by atoms with Gasteiger partial charge in [0.25, 0.3) is 5.91 Å². The molecule has 20 heavy (non-hydrogen) atoms. The maximum Gasteiger partial charge on any atom is 0.257 e. The second kappa shape index (κ2) is 6.57. The van der Waals surface area contributed by atoms with Crippen LogP contribution in [0.4, 0.5) is 0 Å². The fourth-order valence-electron chi connectivity index (χ4n) is 1.73. The summed E-state index contributed by atoms with van der Waals surface area (Å²) in [5.74, 6) is -0.199. The van der Waals surface area contributed by atoms with Crippen molar-refractivity contribution in [2.45, 2.75) is 6.54 Å². The number of nitrogens with zero attached hydrogens (tertiary/aromatic N) is 2. The van der Waals surface area contributed by atoms with Crippen molar-refractivity contribution in [2.24, 2.45) is 0 Å². The molecule has 0 aliphatic heterocycles. The van der Waals surface area contributed by atoms with E-state index >= 15 is 0 Å². The smallest absolute Gasteiger partial charge is 0.257 e. The molecule has 0 fully saturated rings. The molecule has 104 valence electrons. The van der Waals surface area contributed by atoms with Crippen LogP contribution in [-0.2, 0) is 6.54 Å². The maximum absolute atomic E-state index is 12.3. The van der Waals surface area contributed by atoms with E-state index in [-0.39, 0.29) is 16.2 Å². The minimum Gasteiger partial charge on any atom is -0.337 e. The number of halogens is 3. The summed E-state index contributed by atoms with van der Waals surface area (Å²) in [6.45, 7) is 0.471. The monoisotopic (exact) mass is 372 g/mol. The van der Waals surface area contributed by atoms with Crippen LogP contribution >= 0.6 is 39.1 Å². The highest BCUT2D eigenvalue weighted by Crippen LogP contribution is 2.21. The van der Waals surface area contributed by atoms with Gasteiger partial charge in [-0.1, -0.05) is 57.3 Å². The number of pyridine rings is 1. The Labute approximate surface area is 135 Å². The van der Waals surface area contributed by atoms with E-state index in [2.05, 4.69) is 20.9 Å². The van der Waals surface area contributed by atoms with Gasteiger partial charge in [-0.25, -0.2) is 4.98 Å². The first-order valence-corrected chi connectivity index (χ1v) is 7.35. The average Bonchev–Trinajstić information content (AvgIpc) is 2.40. The molecule has 0 bridgehead atoms. The van der Waals surface area contributed by atoms with Crippen LogP contribution < -0.4 is 0 Å². The van der Waals surface area contributed by atoms with Gasteiger partial charge in [-0.15, -0.1) is 0 Å². The van der Waals surface area contributed by atoms with Crippen LogP contribution in [0.3, 0.4) is 0 Å². The summed E-state index contributed by atoms with van der Waals surface area (Å²) in [4.78, 5) is 17.8. The molecular weight excluding hydrogens is 363 g/mol. The highest BCUT2D eigenvalue weighted by molar-refractivity contribution is 9.10. The van der Waals surface area contributed by atoms with Crippen molar-refractivity contribution in [3.05, 3.63) is 62.3 Å². The van der Waals surface area contributed by atoms with Gasteiger partial charge in [0, 0.05) is 18.1 Å². The highest BCUT2D eigenvalue weighted by Gasteiger charge is 2.17. The topological polar surface area (TPSA) is 33.2 Å². The van der Waals surface area contributed by atoms with Crippen molar-refractivity contribution in [3.8, 4) is 0 Å². The summed E-state index contributed by atoms with van der Waals surface area (Å²) in [5.41, 5.74) is 1.35. The highest BCUT2D eigenvalue weighted by atomic mass is 79.9. The van der Waals surface area contributed by atoms with E-state index in [1.807, 2.05) is 24.3 Å². The average molecular weight is 374 g/mol. The Morgan fingerprint density at radius 2 is 1.95 bits per heavy atom. The Morgan fingerprint density at radius 3 is 2.60 bits per heavy atom. The second-order valence-electron chi connectivity index (χ2n) is 4.22. The number of rotatable bonds is 3. The summed E-state index contributed by atoms with van der Waals surface area (Å²) < 4.78 is 0.958. The molecule has 0 spiro atoms. The molecule has 6 heteroatoms. The number of benzene rings is 1. The molecule has 0 aliphatic rings. The predicted molar refractivity (Wildman–Crippen MR) is 84.2 cm³/mol. The maximum atomic E-state index is 12.3. The fraction of sp³-hybridized carbons (Fsp3) is 0.143. The summed E-state index contributed by atoms with van der Waals surface area (Å²) in [5, 5.41) is 0.376. The summed E-state index contributed by atoms with van der Waals surface area (Å²) in [6, 6.07) is 10.9. The number of amides is 1. The van der Waals surface area contributed by atoms with Gasteiger partial charge in [-0.3, -0.25) is 4.79 Å². The van der Waals surface area contributed by atoms with Gasteiger partial charge < -0.3 is 4.90 Å². The third-order valence-corrected chi connectivity index (χ3v) is 4.03. The largest absolute Gasteiger partial charge is 0.337 e. The van der Waals surface area contributed by atoms with Crippen LogP contribution in [0.25, 0.3) is 0 Å². The van der Waals surface area contributed by atoms with Crippen molar-refractivity contribution in [2.75, 3.05) is 7.05 Å². The van der Waals surface area contributed by atoms with E-state index in [0.29, 0.717) is 12.1 Å². The lowest BCUT2D eigenvalue weighted by Gasteiger charge is -2.18. The molecular formula is C14H11BrCl2N2O. The Hall–Kier alpha value is -1.10. The molecule has 0 radical (unpaired) electrons. The van der Waals surface area contributed by atoms with Crippen molar-refractivity contribution < 1.29 is 4.79 Å². The number of aromatic nitrogens is 1. The minimum absolute atomic E-state index is 0.112. The SMILES string of the molecule is CN(Cc1ccccc1Br)C(=O)c1ccc(Cl)nc1Cl. The molecule has 0 saturated carbocycles. The van der Waals surface area contributed by atoms with Crippen molar-refractivity contribution >= 4 is 45.0 Å². The van der Waals surface area contributed by atoms with Gasteiger partial charge in [-0.05, 0) is 23.8 Å². The van der Waals surface area contributed by atoms with Gasteiger partial charge in [0.2, 0.25) is 0 Å². The van der Waals surface area contributed by atoms with Crippen molar-refractivity contribution in [1.29, 1.82) is 0 Å². The van der Waals surface area contributed by atoms with Crippen LogP contribution in [0.2, 0.25) is 10.3 Å². The number of carbonyl (C=O) groups is 1. The lowest BCUT2D eigenvalue weighted by atomic mass is 10.2. The lowest BCUT2D eigenvalue weighted by molar-refractivity contribution is 0.0784. The predicted octanol–water partition coefficient (Wildman–Crippen LogP) is 4.42. The van der Waals surface area contributed by atoms with Crippen LogP contribution in [0.5, 0.6) is 0 Å². The molecule has 0 saturated heterocycles. The van der Waals surface area contributed by atoms with Gasteiger partial charge >= 0.3 is 0 Å². The molecule has 2 rings (SSSR count). The zero-order valence-electron chi connectivity index (χ0n) is 10.6. The zero-order valence-corrected chi connectivity index (χ0v) is 13.7. The lowest BCUT2D eigenvalue weighted by Crippen LogP contribution is -2.26. The first-order valence-electron chi connectivity index (χ1n) is 5.80. The Balaban J connectivity index is 2.19. The standard InChI is InChI=1S/C14H11BrCl2N2O/c1-19(8-9-4-2-3-5-11(9)15)14(20)10-6-7-12(16)18-13(10)17/h2-7H,8H2,1H3. The molecule has 0 atom stereocenters. The van der Waals surface area contributed by atoms with Crippen LogP contribution in [0.15, 0.2) is 40.9 Å². The van der Waals surface area contributed by atoms with Crippen molar-refractivity contribution in [3.63, 3.8) is 0 Å². The van der Waals surface area contributed by atoms with Gasteiger partial charge in [0.05, 0.1) is 5.56 Å². The first kappa shape index (κ1) is 15.3. The molecule has 3 nitrogen and oxygen atoms in total. The molecule has 2 aromatic rings. The molecule has 1 aromatic heterocycles. The van der Waals surface area contributed by atoms with E-state index < -0.39 is 0 Å². The second-order valence-corrected chi connectivity index (χ2v) is 5.82. The number of hydrogen-bond donors (Lipinski definition) is 0. The van der Waals surface area contributed by atoms with Gasteiger partial charge in [0.1, 0.15) is 10.3 Å². The van der Waals surface area contributed by atoms with Gasteiger partial charge in [-0.2, -0.15) is 0 Å². The van der Waals surface area contributed by atoms with E-state index in [4.69, 9.17) is 23.2 Å². The fourth-order valence-corrected chi connectivity index (χ4v) is 2.57. The summed E-state index contributed by atoms with van der Waals surface area (Å²) in [7, 11) is 1.71. The normalized spacial score (nSPS) is 10.4. The molecule has 0 N–H and O–H groups in total. The quantitative estimate of drug-likeness (QED) is 0.746. The summed E-state index contributed by atoms with van der Waals surface area (Å²) >= 11 is 15.1. The Kier molecular flexibility index (Phi) is 5.02. The minimum atomic E-state index is -0.199. The Morgan fingerprint density at radius 1 is 1.25 bits per heavy atom. The number of hydrogen-bond acceptors (Lipinski definition) is 2. The molecule has 0 aliphatic carbocycles.